The van der Waals surface area contributed by atoms with E-state index in [0.29, 0.717) is 21.7 Å². The second-order valence-electron chi connectivity index (χ2n) is 5.48. The number of benzene rings is 1. The molecule has 114 valence electrons. The number of piperidine rings is 1. The second kappa shape index (κ2) is 6.77. The third kappa shape index (κ3) is 3.96. The lowest BCUT2D eigenvalue weighted by Gasteiger charge is -2.34. The zero-order valence-electron chi connectivity index (χ0n) is 12.3. The van der Waals surface area contributed by atoms with Crippen molar-refractivity contribution in [3.05, 3.63) is 33.8 Å². The largest absolute Gasteiger partial charge is 0.365 e. The van der Waals surface area contributed by atoms with Crippen molar-refractivity contribution < 1.29 is 9.63 Å². The zero-order valence-corrected chi connectivity index (χ0v) is 13.8. The van der Waals surface area contributed by atoms with Crippen LogP contribution in [0.4, 0.5) is 0 Å². The predicted octanol–water partition coefficient (Wildman–Crippen LogP) is 3.87. The molecular formula is C15H18Cl2N2O2. The number of hydrogen-bond donors (Lipinski definition) is 0. The van der Waals surface area contributed by atoms with Crippen molar-refractivity contribution in [2.75, 3.05) is 13.6 Å². The predicted molar refractivity (Wildman–Crippen MR) is 85.2 cm³/mol. The number of hydrogen-bond acceptors (Lipinski definition) is 4. The zero-order chi connectivity index (χ0) is 15.6. The number of carbonyl (C=O) groups is 1. The molecule has 0 bridgehead atoms. The highest BCUT2D eigenvalue weighted by Crippen LogP contribution is 2.23. The minimum Gasteiger partial charge on any atom is -0.313 e. The van der Waals surface area contributed by atoms with Crippen molar-refractivity contribution in [3.8, 4) is 0 Å². The normalized spacial score (nSPS) is 25.1. The molecule has 0 spiro atoms. The minimum atomic E-state index is -0.528. The Morgan fingerprint density at radius 1 is 1.33 bits per heavy atom. The Bertz CT molecular complexity index is 575. The van der Waals surface area contributed by atoms with Crippen LogP contribution in [-0.4, -0.2) is 36.2 Å². The quantitative estimate of drug-likeness (QED) is 0.611. The topological polar surface area (TPSA) is 41.9 Å². The summed E-state index contributed by atoms with van der Waals surface area (Å²) in [5.41, 5.74) is 1.25. The first-order valence-electron chi connectivity index (χ1n) is 6.82. The van der Waals surface area contributed by atoms with Crippen LogP contribution in [0.1, 0.15) is 30.6 Å². The number of oxime groups is 1. The highest BCUT2D eigenvalue weighted by Gasteiger charge is 2.26. The molecule has 2 rings (SSSR count). The third-order valence-corrected chi connectivity index (χ3v) is 4.53. The van der Waals surface area contributed by atoms with Gasteiger partial charge in [0.2, 0.25) is 0 Å². The summed E-state index contributed by atoms with van der Waals surface area (Å²) in [5.74, 6) is -0.257. The SMILES string of the molecule is CC1CN(C)C(C)CC1=NOC(=O)c1ccc(Cl)c(Cl)c1. The Kier molecular flexibility index (Phi) is 5.25. The van der Waals surface area contributed by atoms with Crippen LogP contribution in [0, 0.1) is 5.92 Å². The summed E-state index contributed by atoms with van der Waals surface area (Å²) < 4.78 is 0. The summed E-state index contributed by atoms with van der Waals surface area (Å²) in [7, 11) is 2.08. The highest BCUT2D eigenvalue weighted by molar-refractivity contribution is 6.42. The molecule has 1 heterocycles. The molecule has 1 aromatic rings. The molecule has 2 atom stereocenters. The van der Waals surface area contributed by atoms with Crippen LogP contribution >= 0.6 is 23.2 Å². The maximum atomic E-state index is 12.0. The first-order valence-corrected chi connectivity index (χ1v) is 7.57. The molecular weight excluding hydrogens is 311 g/mol. The van der Waals surface area contributed by atoms with Gasteiger partial charge in [-0.15, -0.1) is 0 Å². The van der Waals surface area contributed by atoms with Gasteiger partial charge in [0, 0.05) is 24.9 Å². The van der Waals surface area contributed by atoms with Gasteiger partial charge in [-0.25, -0.2) is 4.79 Å². The average Bonchev–Trinajstić information content (AvgIpc) is 2.44. The van der Waals surface area contributed by atoms with E-state index >= 15 is 0 Å². The van der Waals surface area contributed by atoms with Gasteiger partial charge in [-0.3, -0.25) is 0 Å². The van der Waals surface area contributed by atoms with Crippen molar-refractivity contribution in [1.29, 1.82) is 0 Å². The van der Waals surface area contributed by atoms with E-state index in [1.54, 1.807) is 12.1 Å². The average molecular weight is 329 g/mol. The molecule has 6 heteroatoms. The first kappa shape index (κ1) is 16.3. The molecule has 1 fully saturated rings. The number of rotatable bonds is 2. The Labute approximate surface area is 134 Å². The number of likely N-dealkylation sites (tertiary alicyclic amines) is 1. The first-order chi connectivity index (χ1) is 9.88. The Morgan fingerprint density at radius 2 is 2.05 bits per heavy atom. The van der Waals surface area contributed by atoms with E-state index in [4.69, 9.17) is 28.0 Å². The molecule has 0 amide bonds. The molecule has 0 aromatic heterocycles. The van der Waals surface area contributed by atoms with Crippen LogP contribution in [-0.2, 0) is 4.84 Å². The molecule has 2 unspecified atom stereocenters. The van der Waals surface area contributed by atoms with Gasteiger partial charge in [0.25, 0.3) is 0 Å². The maximum Gasteiger partial charge on any atom is 0.365 e. The van der Waals surface area contributed by atoms with Gasteiger partial charge in [0.05, 0.1) is 21.3 Å². The number of halogens is 2. The van der Waals surface area contributed by atoms with Crippen molar-refractivity contribution >= 4 is 34.9 Å². The Balaban J connectivity index is 2.05. The van der Waals surface area contributed by atoms with Gasteiger partial charge in [-0.1, -0.05) is 35.3 Å². The Morgan fingerprint density at radius 3 is 2.71 bits per heavy atom. The van der Waals surface area contributed by atoms with Gasteiger partial charge in [-0.2, -0.15) is 0 Å². The van der Waals surface area contributed by atoms with E-state index in [0.717, 1.165) is 18.7 Å². The monoisotopic (exact) mass is 328 g/mol. The Hall–Kier alpha value is -1.10. The smallest absolute Gasteiger partial charge is 0.313 e. The molecule has 0 saturated carbocycles. The van der Waals surface area contributed by atoms with Gasteiger partial charge >= 0.3 is 5.97 Å². The van der Waals surface area contributed by atoms with Crippen molar-refractivity contribution in [2.45, 2.75) is 26.3 Å². The lowest BCUT2D eigenvalue weighted by molar-refractivity contribution is 0.0508. The van der Waals surface area contributed by atoms with Crippen LogP contribution in [0.3, 0.4) is 0 Å². The fraction of sp³-hybridized carbons (Fsp3) is 0.467. The van der Waals surface area contributed by atoms with Crippen LogP contribution in [0.15, 0.2) is 23.4 Å². The van der Waals surface area contributed by atoms with Crippen LogP contribution in [0.25, 0.3) is 0 Å². The summed E-state index contributed by atoms with van der Waals surface area (Å²) >= 11 is 11.7. The van der Waals surface area contributed by atoms with Crippen LogP contribution < -0.4 is 0 Å². The van der Waals surface area contributed by atoms with E-state index in [1.807, 2.05) is 0 Å². The van der Waals surface area contributed by atoms with Gasteiger partial charge < -0.3 is 9.74 Å². The second-order valence-corrected chi connectivity index (χ2v) is 6.30. The van der Waals surface area contributed by atoms with Crippen molar-refractivity contribution in [2.24, 2.45) is 11.1 Å². The van der Waals surface area contributed by atoms with Crippen LogP contribution in [0.5, 0.6) is 0 Å². The summed E-state index contributed by atoms with van der Waals surface area (Å²) in [6, 6.07) is 5.00. The fourth-order valence-corrected chi connectivity index (χ4v) is 2.58. The minimum absolute atomic E-state index is 0.271. The molecule has 0 radical (unpaired) electrons. The standard InChI is InChI=1S/C15H18Cl2N2O2/c1-9-8-19(3)10(2)6-14(9)18-21-15(20)11-4-5-12(16)13(17)7-11/h4-5,7,9-10H,6,8H2,1-3H3. The number of nitrogens with zero attached hydrogens (tertiary/aromatic N) is 2. The van der Waals surface area contributed by atoms with Crippen molar-refractivity contribution in [3.63, 3.8) is 0 Å². The molecule has 4 nitrogen and oxygen atoms in total. The summed E-state index contributed by atoms with van der Waals surface area (Å²) in [5, 5.41) is 4.76. The van der Waals surface area contributed by atoms with E-state index in [-0.39, 0.29) is 5.92 Å². The molecule has 1 aliphatic heterocycles. The molecule has 1 aliphatic rings. The van der Waals surface area contributed by atoms with Crippen molar-refractivity contribution in [1.82, 2.24) is 4.90 Å². The lowest BCUT2D eigenvalue weighted by Crippen LogP contribution is -2.43. The summed E-state index contributed by atoms with van der Waals surface area (Å²) in [4.78, 5) is 19.3. The molecule has 0 N–H and O–H groups in total. The molecule has 1 aromatic carbocycles. The maximum absolute atomic E-state index is 12.0. The van der Waals surface area contributed by atoms with E-state index in [9.17, 15) is 4.79 Å². The van der Waals surface area contributed by atoms with E-state index < -0.39 is 5.97 Å². The van der Waals surface area contributed by atoms with Crippen LogP contribution in [0.2, 0.25) is 10.0 Å². The van der Waals surface area contributed by atoms with E-state index in [1.165, 1.54) is 6.07 Å². The van der Waals surface area contributed by atoms with Gasteiger partial charge in [0.15, 0.2) is 0 Å². The fourth-order valence-electron chi connectivity index (χ4n) is 2.28. The van der Waals surface area contributed by atoms with Gasteiger partial charge in [0.1, 0.15) is 0 Å². The van der Waals surface area contributed by atoms with Gasteiger partial charge in [-0.05, 0) is 32.2 Å². The highest BCUT2D eigenvalue weighted by atomic mass is 35.5. The summed E-state index contributed by atoms with van der Waals surface area (Å²) in [6.45, 7) is 5.11. The third-order valence-electron chi connectivity index (χ3n) is 3.79. The number of carbonyl (C=O) groups excluding carboxylic acids is 1. The lowest BCUT2D eigenvalue weighted by atomic mass is 9.93. The summed E-state index contributed by atoms with van der Waals surface area (Å²) in [6.07, 6.45) is 0.798. The molecule has 21 heavy (non-hydrogen) atoms. The molecule has 1 saturated heterocycles. The molecule has 0 aliphatic carbocycles. The van der Waals surface area contributed by atoms with E-state index in [2.05, 4.69) is 31.0 Å².